The van der Waals surface area contributed by atoms with E-state index in [0.717, 1.165) is 6.42 Å². The molecular weight excluding hydrogens is 150 g/mol. The van der Waals surface area contributed by atoms with Crippen LogP contribution in [0.15, 0.2) is 23.5 Å². The van der Waals surface area contributed by atoms with Crippen molar-refractivity contribution in [3.05, 3.63) is 23.5 Å². The zero-order valence-electron chi connectivity index (χ0n) is 8.00. The topological polar surface area (TPSA) is 35.2 Å². The summed E-state index contributed by atoms with van der Waals surface area (Å²) in [6.07, 6.45) is 4.46. The number of nitrogens with two attached hydrogens (primary N) is 1. The minimum atomic E-state index is -0.225. The molecule has 2 heteroatoms. The Bertz CT molecular complexity index is 216. The molecule has 0 saturated heterocycles. The molecule has 1 aliphatic heterocycles. The zero-order chi connectivity index (χ0) is 9.14. The van der Waals surface area contributed by atoms with Gasteiger partial charge in [0.2, 0.25) is 0 Å². The van der Waals surface area contributed by atoms with Crippen LogP contribution in [0.3, 0.4) is 0 Å². The molecule has 12 heavy (non-hydrogen) atoms. The Kier molecular flexibility index (Phi) is 2.93. The van der Waals surface area contributed by atoms with Gasteiger partial charge in [0.05, 0.1) is 6.26 Å². The predicted molar refractivity (Wildman–Crippen MR) is 50.4 cm³/mol. The lowest BCUT2D eigenvalue weighted by molar-refractivity contribution is 0.172. The Labute approximate surface area is 74.1 Å². The lowest BCUT2D eigenvalue weighted by Gasteiger charge is -2.23. The third kappa shape index (κ3) is 1.69. The van der Waals surface area contributed by atoms with Crippen molar-refractivity contribution < 1.29 is 4.74 Å². The van der Waals surface area contributed by atoms with Crippen molar-refractivity contribution in [2.75, 3.05) is 0 Å². The molecule has 1 heterocycles. The van der Waals surface area contributed by atoms with Gasteiger partial charge in [-0.15, -0.1) is 0 Å². The summed E-state index contributed by atoms with van der Waals surface area (Å²) in [6.45, 7) is 6.46. The van der Waals surface area contributed by atoms with E-state index in [1.165, 1.54) is 11.1 Å². The summed E-state index contributed by atoms with van der Waals surface area (Å²) in [5, 5.41) is 0. The Balaban J connectivity index is 2.94. The van der Waals surface area contributed by atoms with Crippen LogP contribution in [0.4, 0.5) is 0 Å². The second kappa shape index (κ2) is 3.76. The molecule has 0 fully saturated rings. The molecule has 1 unspecified atom stereocenters. The minimum absolute atomic E-state index is 0.225. The van der Waals surface area contributed by atoms with Crippen molar-refractivity contribution in [2.45, 2.75) is 33.4 Å². The van der Waals surface area contributed by atoms with Gasteiger partial charge in [-0.05, 0) is 29.6 Å². The summed E-state index contributed by atoms with van der Waals surface area (Å²) in [7, 11) is 0. The molecule has 0 spiro atoms. The Morgan fingerprint density at radius 3 is 2.67 bits per heavy atom. The van der Waals surface area contributed by atoms with Gasteiger partial charge in [0.25, 0.3) is 0 Å². The minimum Gasteiger partial charge on any atom is -0.479 e. The second-order valence-electron chi connectivity index (χ2n) is 3.35. The van der Waals surface area contributed by atoms with Crippen molar-refractivity contribution in [2.24, 2.45) is 11.7 Å². The molecule has 0 radical (unpaired) electrons. The largest absolute Gasteiger partial charge is 0.479 e. The van der Waals surface area contributed by atoms with Gasteiger partial charge >= 0.3 is 0 Å². The Morgan fingerprint density at radius 1 is 1.58 bits per heavy atom. The second-order valence-corrected chi connectivity index (χ2v) is 3.35. The lowest BCUT2D eigenvalue weighted by atomic mass is 9.94. The van der Waals surface area contributed by atoms with Gasteiger partial charge in [-0.3, -0.25) is 5.73 Å². The van der Waals surface area contributed by atoms with Crippen LogP contribution in [-0.2, 0) is 4.74 Å². The molecular formula is C10H17NO. The number of allylic oxidation sites excluding steroid dienone is 2. The van der Waals surface area contributed by atoms with Crippen LogP contribution in [0.25, 0.3) is 0 Å². The summed E-state index contributed by atoms with van der Waals surface area (Å²) in [4.78, 5) is 0. The first kappa shape index (κ1) is 9.33. The standard InChI is InChI=1S/C10H17NO/c1-4-8-9(7(2)3)5-6-12-10(8)11/h5-7,10H,4,11H2,1-3H3. The van der Waals surface area contributed by atoms with Crippen molar-refractivity contribution in [1.29, 1.82) is 0 Å². The highest BCUT2D eigenvalue weighted by molar-refractivity contribution is 5.31. The predicted octanol–water partition coefficient (Wildman–Crippen LogP) is 2.18. The molecule has 1 aliphatic rings. The van der Waals surface area contributed by atoms with Crippen molar-refractivity contribution in [3.63, 3.8) is 0 Å². The van der Waals surface area contributed by atoms with Crippen molar-refractivity contribution >= 4 is 0 Å². The maximum Gasteiger partial charge on any atom is 0.169 e. The summed E-state index contributed by atoms with van der Waals surface area (Å²) in [5.74, 6) is 0.533. The Hall–Kier alpha value is -0.760. The van der Waals surface area contributed by atoms with Crippen LogP contribution in [-0.4, -0.2) is 6.23 Å². The van der Waals surface area contributed by atoms with Crippen LogP contribution in [0.2, 0.25) is 0 Å². The highest BCUT2D eigenvalue weighted by Gasteiger charge is 2.17. The van der Waals surface area contributed by atoms with E-state index in [2.05, 4.69) is 20.8 Å². The van der Waals surface area contributed by atoms with Gasteiger partial charge in [0, 0.05) is 0 Å². The first-order valence-corrected chi connectivity index (χ1v) is 4.47. The number of hydrogen-bond acceptors (Lipinski definition) is 2. The smallest absolute Gasteiger partial charge is 0.169 e. The molecule has 0 bridgehead atoms. The molecule has 0 saturated carbocycles. The fraction of sp³-hybridized carbons (Fsp3) is 0.600. The van der Waals surface area contributed by atoms with E-state index >= 15 is 0 Å². The van der Waals surface area contributed by atoms with E-state index < -0.39 is 0 Å². The third-order valence-electron chi connectivity index (χ3n) is 2.19. The van der Waals surface area contributed by atoms with Crippen LogP contribution in [0.1, 0.15) is 27.2 Å². The van der Waals surface area contributed by atoms with E-state index in [1.54, 1.807) is 6.26 Å². The van der Waals surface area contributed by atoms with Gasteiger partial charge in [0.1, 0.15) is 0 Å². The van der Waals surface area contributed by atoms with E-state index in [-0.39, 0.29) is 6.23 Å². The van der Waals surface area contributed by atoms with Gasteiger partial charge in [-0.2, -0.15) is 0 Å². The first-order valence-electron chi connectivity index (χ1n) is 4.47. The van der Waals surface area contributed by atoms with Crippen LogP contribution >= 0.6 is 0 Å². The summed E-state index contributed by atoms with van der Waals surface area (Å²) >= 11 is 0. The van der Waals surface area contributed by atoms with Gasteiger partial charge in [-0.25, -0.2) is 0 Å². The normalized spacial score (nSPS) is 23.2. The van der Waals surface area contributed by atoms with Gasteiger partial charge < -0.3 is 4.74 Å². The summed E-state index contributed by atoms with van der Waals surface area (Å²) in [5.41, 5.74) is 8.35. The van der Waals surface area contributed by atoms with Gasteiger partial charge in [0.15, 0.2) is 6.23 Å². The average molecular weight is 167 g/mol. The maximum atomic E-state index is 5.79. The highest BCUT2D eigenvalue weighted by Crippen LogP contribution is 2.24. The molecule has 2 N–H and O–H groups in total. The molecule has 0 aliphatic carbocycles. The number of hydrogen-bond donors (Lipinski definition) is 1. The molecule has 2 nitrogen and oxygen atoms in total. The quantitative estimate of drug-likeness (QED) is 0.684. The lowest BCUT2D eigenvalue weighted by Crippen LogP contribution is -2.27. The van der Waals surface area contributed by atoms with Crippen LogP contribution in [0.5, 0.6) is 0 Å². The van der Waals surface area contributed by atoms with Crippen LogP contribution < -0.4 is 5.73 Å². The Morgan fingerprint density at radius 2 is 2.25 bits per heavy atom. The van der Waals surface area contributed by atoms with E-state index in [1.807, 2.05) is 6.08 Å². The van der Waals surface area contributed by atoms with E-state index in [9.17, 15) is 0 Å². The summed E-state index contributed by atoms with van der Waals surface area (Å²) in [6, 6.07) is 0. The zero-order valence-corrected chi connectivity index (χ0v) is 8.00. The molecule has 68 valence electrons. The first-order chi connectivity index (χ1) is 5.66. The summed E-state index contributed by atoms with van der Waals surface area (Å²) < 4.78 is 5.20. The number of rotatable bonds is 2. The molecule has 1 atom stereocenters. The van der Waals surface area contributed by atoms with Gasteiger partial charge in [-0.1, -0.05) is 20.8 Å². The molecule has 0 aromatic heterocycles. The van der Waals surface area contributed by atoms with Crippen molar-refractivity contribution in [1.82, 2.24) is 0 Å². The molecule has 1 rings (SSSR count). The monoisotopic (exact) mass is 167 g/mol. The molecule has 0 amide bonds. The molecule has 0 aromatic carbocycles. The van der Waals surface area contributed by atoms with Crippen LogP contribution in [0, 0.1) is 5.92 Å². The molecule has 0 aromatic rings. The van der Waals surface area contributed by atoms with E-state index in [4.69, 9.17) is 10.5 Å². The third-order valence-corrected chi connectivity index (χ3v) is 2.19. The SMILES string of the molecule is CCC1=C(C(C)C)C=COC1N. The van der Waals surface area contributed by atoms with Crippen molar-refractivity contribution in [3.8, 4) is 0 Å². The fourth-order valence-electron chi connectivity index (χ4n) is 1.52. The number of ether oxygens (including phenoxy) is 1. The fourth-order valence-corrected chi connectivity index (χ4v) is 1.52. The van der Waals surface area contributed by atoms with E-state index in [0.29, 0.717) is 5.92 Å². The average Bonchev–Trinajstić information content (AvgIpc) is 2.03. The highest BCUT2D eigenvalue weighted by atomic mass is 16.5. The maximum absolute atomic E-state index is 5.79.